The SMILES string of the molecule is CCCCCCCCCCCCS[C@]1(COC(=O)c2ccccc2)O[C@H](COC(=O)c2ccccc2)[C@H]2OC(CC)(CC)O[C@H]21. The lowest BCUT2D eigenvalue weighted by atomic mass is 10.1. The fraction of sp³-hybridized carbons (Fsp3) is 0.622. The largest absolute Gasteiger partial charge is 0.459 e. The topological polar surface area (TPSA) is 80.3 Å². The number of carbonyl (C=O) groups excluding carboxylic acids is 2. The number of ether oxygens (including phenoxy) is 5. The van der Waals surface area contributed by atoms with Gasteiger partial charge in [-0.15, -0.1) is 11.8 Å². The van der Waals surface area contributed by atoms with Gasteiger partial charge in [-0.05, 0) is 49.3 Å². The van der Waals surface area contributed by atoms with Crippen LogP contribution in [0.3, 0.4) is 0 Å². The van der Waals surface area contributed by atoms with E-state index in [2.05, 4.69) is 6.92 Å². The van der Waals surface area contributed by atoms with E-state index < -0.39 is 41.0 Å². The summed E-state index contributed by atoms with van der Waals surface area (Å²) in [5.41, 5.74) is 0.959. The van der Waals surface area contributed by atoms with Crippen molar-refractivity contribution in [3.8, 4) is 0 Å². The maximum atomic E-state index is 13.1. The van der Waals surface area contributed by atoms with Crippen LogP contribution in [0.1, 0.15) is 119 Å². The van der Waals surface area contributed by atoms with Crippen molar-refractivity contribution < 1.29 is 33.3 Å². The number of unbranched alkanes of at least 4 members (excludes halogenated alkanes) is 9. The van der Waals surface area contributed by atoms with Crippen molar-refractivity contribution in [2.45, 2.75) is 127 Å². The van der Waals surface area contributed by atoms with Crippen LogP contribution in [0.15, 0.2) is 60.7 Å². The summed E-state index contributed by atoms with van der Waals surface area (Å²) in [5, 5.41) is 0. The Bertz CT molecular complexity index is 1160. The first-order valence-electron chi connectivity index (χ1n) is 17.1. The Balaban J connectivity index is 1.43. The van der Waals surface area contributed by atoms with Crippen molar-refractivity contribution in [1.82, 2.24) is 0 Å². The number of rotatable bonds is 20. The molecular weight excluding hydrogens is 588 g/mol. The first-order chi connectivity index (χ1) is 22.0. The molecule has 2 aromatic rings. The van der Waals surface area contributed by atoms with Gasteiger partial charge in [0.1, 0.15) is 31.5 Å². The quantitative estimate of drug-likeness (QED) is 0.105. The summed E-state index contributed by atoms with van der Waals surface area (Å²) in [6.45, 7) is 6.35. The van der Waals surface area contributed by atoms with Crippen molar-refractivity contribution >= 4 is 23.7 Å². The molecule has 0 amide bonds. The molecule has 0 radical (unpaired) electrons. The number of hydrogen-bond donors (Lipinski definition) is 0. The van der Waals surface area contributed by atoms with Gasteiger partial charge in [0.05, 0.1) is 11.1 Å². The minimum Gasteiger partial charge on any atom is -0.459 e. The minimum atomic E-state index is -0.996. The maximum Gasteiger partial charge on any atom is 0.338 e. The number of carbonyl (C=O) groups is 2. The van der Waals surface area contributed by atoms with Crippen molar-refractivity contribution in [2.24, 2.45) is 0 Å². The van der Waals surface area contributed by atoms with Crippen LogP contribution in [0, 0.1) is 0 Å². The van der Waals surface area contributed by atoms with Crippen LogP contribution in [0.4, 0.5) is 0 Å². The Morgan fingerprint density at radius 2 is 1.22 bits per heavy atom. The molecular formula is C37H52O7S. The third kappa shape index (κ3) is 9.80. The summed E-state index contributed by atoms with van der Waals surface area (Å²) < 4.78 is 31.7. The molecule has 2 heterocycles. The molecule has 7 nitrogen and oxygen atoms in total. The number of fused-ring (bicyclic) bond motifs is 1. The molecule has 0 spiro atoms. The Kier molecular flexibility index (Phi) is 14.2. The van der Waals surface area contributed by atoms with Crippen molar-refractivity contribution in [3.63, 3.8) is 0 Å². The third-order valence-electron chi connectivity index (χ3n) is 8.87. The number of thioether (sulfide) groups is 1. The highest BCUT2D eigenvalue weighted by Crippen LogP contribution is 2.51. The molecule has 0 aromatic heterocycles. The van der Waals surface area contributed by atoms with Crippen molar-refractivity contribution in [3.05, 3.63) is 71.8 Å². The van der Waals surface area contributed by atoms with Crippen LogP contribution >= 0.6 is 11.8 Å². The highest BCUT2D eigenvalue weighted by Gasteiger charge is 2.65. The van der Waals surface area contributed by atoms with Gasteiger partial charge in [0.15, 0.2) is 10.7 Å². The lowest BCUT2D eigenvalue weighted by molar-refractivity contribution is -0.222. The van der Waals surface area contributed by atoms with Crippen LogP contribution in [0.2, 0.25) is 0 Å². The lowest BCUT2D eigenvalue weighted by Crippen LogP contribution is -2.45. The normalized spacial score (nSPS) is 23.5. The molecule has 0 unspecified atom stereocenters. The second kappa shape index (κ2) is 18.1. The molecule has 0 aliphatic carbocycles. The molecule has 2 aliphatic heterocycles. The Labute approximate surface area is 274 Å². The van der Waals surface area contributed by atoms with Crippen LogP contribution in [-0.2, 0) is 23.7 Å². The van der Waals surface area contributed by atoms with E-state index in [1.54, 1.807) is 48.2 Å². The van der Waals surface area contributed by atoms with Gasteiger partial charge in [-0.1, -0.05) is 115 Å². The van der Waals surface area contributed by atoms with E-state index in [-0.39, 0.29) is 13.2 Å². The standard InChI is InChI=1S/C37H52O7S/c1-4-7-8-9-10-11-12-13-14-21-26-45-37(28-41-35(39)30-24-19-16-20-25-30)33-32(43-36(5-2,6-3)44-33)31(42-37)27-40-34(38)29-22-17-15-18-23-29/h15-20,22-25,31-33H,4-14,21,26-28H2,1-3H3/t31-,32-,33-,37+/m1/s1. The van der Waals surface area contributed by atoms with Gasteiger partial charge in [-0.25, -0.2) is 9.59 Å². The van der Waals surface area contributed by atoms with E-state index >= 15 is 0 Å². The van der Waals surface area contributed by atoms with Crippen molar-refractivity contribution in [1.29, 1.82) is 0 Å². The Hall–Kier alpha value is -2.39. The molecule has 8 heteroatoms. The summed E-state index contributed by atoms with van der Waals surface area (Å²) >= 11 is 1.63. The molecule has 248 valence electrons. The average molecular weight is 641 g/mol. The molecule has 2 aliphatic rings. The molecule has 4 rings (SSSR count). The molecule has 2 aromatic carbocycles. The average Bonchev–Trinajstić information content (AvgIpc) is 3.61. The summed E-state index contributed by atoms with van der Waals surface area (Å²) in [6, 6.07) is 17.9. The van der Waals surface area contributed by atoms with Gasteiger partial charge in [0, 0.05) is 0 Å². The molecule has 0 saturated carbocycles. The van der Waals surface area contributed by atoms with Gasteiger partial charge < -0.3 is 23.7 Å². The number of hydrogen-bond acceptors (Lipinski definition) is 8. The number of benzene rings is 2. The van der Waals surface area contributed by atoms with E-state index in [0.717, 1.165) is 18.6 Å². The second-order valence-corrected chi connectivity index (χ2v) is 13.5. The maximum absolute atomic E-state index is 13.1. The van der Waals surface area contributed by atoms with Gasteiger partial charge >= 0.3 is 11.9 Å². The summed E-state index contributed by atoms with van der Waals surface area (Å²) in [7, 11) is 0. The van der Waals surface area contributed by atoms with E-state index in [1.807, 2.05) is 38.1 Å². The molecule has 2 fully saturated rings. The Morgan fingerprint density at radius 3 is 1.78 bits per heavy atom. The third-order valence-corrected chi connectivity index (χ3v) is 10.3. The molecule has 0 bridgehead atoms. The molecule has 45 heavy (non-hydrogen) atoms. The highest BCUT2D eigenvalue weighted by atomic mass is 32.2. The van der Waals surface area contributed by atoms with E-state index in [1.165, 1.54) is 51.4 Å². The van der Waals surface area contributed by atoms with Gasteiger partial charge in [0.25, 0.3) is 0 Å². The predicted molar refractivity (Wildman–Crippen MR) is 178 cm³/mol. The summed E-state index contributed by atoms with van der Waals surface area (Å²) in [4.78, 5) is 24.9. The van der Waals surface area contributed by atoms with Gasteiger partial charge in [-0.2, -0.15) is 0 Å². The van der Waals surface area contributed by atoms with Crippen LogP contribution < -0.4 is 0 Å². The predicted octanol–water partition coefficient (Wildman–Crippen LogP) is 8.75. The smallest absolute Gasteiger partial charge is 0.338 e. The molecule has 2 saturated heterocycles. The zero-order chi connectivity index (χ0) is 32.0. The minimum absolute atomic E-state index is 0.000319. The highest BCUT2D eigenvalue weighted by molar-refractivity contribution is 8.00. The monoisotopic (exact) mass is 640 g/mol. The summed E-state index contributed by atoms with van der Waals surface area (Å²) in [6.07, 6.45) is 12.4. The van der Waals surface area contributed by atoms with E-state index in [4.69, 9.17) is 23.7 Å². The lowest BCUT2D eigenvalue weighted by Gasteiger charge is -2.35. The van der Waals surface area contributed by atoms with Gasteiger partial charge in [-0.3, -0.25) is 0 Å². The fourth-order valence-electron chi connectivity index (χ4n) is 6.10. The molecule has 4 atom stereocenters. The fourth-order valence-corrected chi connectivity index (χ4v) is 7.47. The van der Waals surface area contributed by atoms with Crippen molar-refractivity contribution in [2.75, 3.05) is 19.0 Å². The Morgan fingerprint density at radius 1 is 0.689 bits per heavy atom. The summed E-state index contributed by atoms with van der Waals surface area (Å²) in [5.74, 6) is -0.774. The van der Waals surface area contributed by atoms with E-state index in [0.29, 0.717) is 24.0 Å². The van der Waals surface area contributed by atoms with E-state index in [9.17, 15) is 9.59 Å². The van der Waals surface area contributed by atoms with Crippen LogP contribution in [0.5, 0.6) is 0 Å². The first kappa shape index (κ1) is 35.5. The molecule has 0 N–H and O–H groups in total. The van der Waals surface area contributed by atoms with Crippen LogP contribution in [-0.4, -0.2) is 59.9 Å². The second-order valence-electron chi connectivity index (χ2n) is 12.1. The zero-order valence-corrected chi connectivity index (χ0v) is 28.2. The van der Waals surface area contributed by atoms with Gasteiger partial charge in [0.2, 0.25) is 0 Å². The van der Waals surface area contributed by atoms with Crippen LogP contribution in [0.25, 0.3) is 0 Å². The zero-order valence-electron chi connectivity index (χ0n) is 27.4. The number of esters is 2. The first-order valence-corrected chi connectivity index (χ1v) is 18.1.